The molecule has 3 nitrogen and oxygen atoms in total. The molecule has 0 spiro atoms. The standard InChI is InChI=1S/C12H17FN2OS/c1-8(14-2)12-9(13)5-4-6-10(12)17-7-11(16)15-3/h4-6,8,14H,7H2,1-3H3,(H,15,16). The summed E-state index contributed by atoms with van der Waals surface area (Å²) in [5.41, 5.74) is 0.615. The highest BCUT2D eigenvalue weighted by molar-refractivity contribution is 8.00. The number of halogens is 1. The van der Waals surface area contributed by atoms with E-state index in [4.69, 9.17) is 0 Å². The second-order valence-corrected chi connectivity index (χ2v) is 4.64. The van der Waals surface area contributed by atoms with E-state index >= 15 is 0 Å². The quantitative estimate of drug-likeness (QED) is 0.791. The van der Waals surface area contributed by atoms with Crippen LogP contribution in [0.2, 0.25) is 0 Å². The summed E-state index contributed by atoms with van der Waals surface area (Å²) in [5.74, 6) is -0.0142. The molecule has 1 aromatic carbocycles. The Bertz CT molecular complexity index is 398. The lowest BCUT2D eigenvalue weighted by atomic mass is 10.1. The SMILES string of the molecule is CNC(=O)CSc1cccc(F)c1C(C)NC. The fraction of sp³-hybridized carbons (Fsp3) is 0.417. The first-order valence-corrected chi connectivity index (χ1v) is 6.37. The second kappa shape index (κ2) is 6.61. The second-order valence-electron chi connectivity index (χ2n) is 3.62. The first kappa shape index (κ1) is 14.0. The predicted octanol–water partition coefficient (Wildman–Crippen LogP) is 1.94. The van der Waals surface area contributed by atoms with Gasteiger partial charge in [0.25, 0.3) is 0 Å². The van der Waals surface area contributed by atoms with Gasteiger partial charge >= 0.3 is 0 Å². The number of benzene rings is 1. The molecule has 1 aromatic rings. The van der Waals surface area contributed by atoms with E-state index in [1.165, 1.54) is 17.8 Å². The summed E-state index contributed by atoms with van der Waals surface area (Å²) in [5, 5.41) is 5.55. The van der Waals surface area contributed by atoms with Crippen molar-refractivity contribution in [1.82, 2.24) is 10.6 Å². The number of hydrogen-bond acceptors (Lipinski definition) is 3. The molecule has 5 heteroatoms. The van der Waals surface area contributed by atoms with Crippen molar-refractivity contribution in [3.8, 4) is 0 Å². The van der Waals surface area contributed by atoms with E-state index in [-0.39, 0.29) is 17.8 Å². The molecule has 0 aromatic heterocycles. The minimum Gasteiger partial charge on any atom is -0.358 e. The molecular weight excluding hydrogens is 239 g/mol. The number of hydrogen-bond donors (Lipinski definition) is 2. The average molecular weight is 256 g/mol. The molecule has 1 unspecified atom stereocenters. The van der Waals surface area contributed by atoms with Crippen molar-refractivity contribution in [2.24, 2.45) is 0 Å². The third-order valence-corrected chi connectivity index (χ3v) is 3.59. The third-order valence-electron chi connectivity index (χ3n) is 2.52. The van der Waals surface area contributed by atoms with E-state index in [1.807, 2.05) is 13.0 Å². The summed E-state index contributed by atoms with van der Waals surface area (Å²) in [6.07, 6.45) is 0. The van der Waals surface area contributed by atoms with Gasteiger partial charge in [-0.05, 0) is 26.1 Å². The molecule has 2 N–H and O–H groups in total. The van der Waals surface area contributed by atoms with Crippen LogP contribution in [0.4, 0.5) is 4.39 Å². The Hall–Kier alpha value is -1.07. The smallest absolute Gasteiger partial charge is 0.230 e. The van der Waals surface area contributed by atoms with Crippen LogP contribution >= 0.6 is 11.8 Å². The van der Waals surface area contributed by atoms with Crippen molar-refractivity contribution < 1.29 is 9.18 Å². The lowest BCUT2D eigenvalue weighted by Gasteiger charge is -2.16. The zero-order chi connectivity index (χ0) is 12.8. The van der Waals surface area contributed by atoms with E-state index in [1.54, 1.807) is 20.2 Å². The molecule has 0 saturated carbocycles. The molecule has 0 aliphatic heterocycles. The Morgan fingerprint density at radius 1 is 1.47 bits per heavy atom. The molecule has 0 aliphatic carbocycles. The van der Waals surface area contributed by atoms with Crippen LogP contribution in [0.25, 0.3) is 0 Å². The average Bonchev–Trinajstić information content (AvgIpc) is 2.35. The fourth-order valence-corrected chi connectivity index (χ4v) is 2.46. The lowest BCUT2D eigenvalue weighted by molar-refractivity contribution is -0.118. The van der Waals surface area contributed by atoms with Gasteiger partial charge in [-0.2, -0.15) is 0 Å². The van der Waals surface area contributed by atoms with Crippen molar-refractivity contribution in [2.75, 3.05) is 19.8 Å². The van der Waals surface area contributed by atoms with E-state index in [2.05, 4.69) is 10.6 Å². The van der Waals surface area contributed by atoms with Gasteiger partial charge in [0, 0.05) is 23.5 Å². The van der Waals surface area contributed by atoms with Crippen molar-refractivity contribution in [3.63, 3.8) is 0 Å². The van der Waals surface area contributed by atoms with Gasteiger partial charge < -0.3 is 10.6 Å². The molecule has 0 radical (unpaired) electrons. The molecule has 17 heavy (non-hydrogen) atoms. The Morgan fingerprint density at radius 2 is 2.18 bits per heavy atom. The minimum atomic E-state index is -0.242. The fourth-order valence-electron chi connectivity index (χ4n) is 1.42. The zero-order valence-corrected chi connectivity index (χ0v) is 11.0. The molecule has 94 valence electrons. The van der Waals surface area contributed by atoms with Crippen LogP contribution in [0, 0.1) is 5.82 Å². The highest BCUT2D eigenvalue weighted by Gasteiger charge is 2.15. The van der Waals surface area contributed by atoms with E-state index in [0.717, 1.165) is 4.90 Å². The van der Waals surface area contributed by atoms with Crippen LogP contribution in [0.1, 0.15) is 18.5 Å². The molecule has 0 bridgehead atoms. The zero-order valence-electron chi connectivity index (χ0n) is 10.2. The molecule has 0 saturated heterocycles. The van der Waals surface area contributed by atoms with Gasteiger partial charge in [-0.15, -0.1) is 11.8 Å². The van der Waals surface area contributed by atoms with Crippen molar-refractivity contribution >= 4 is 17.7 Å². The van der Waals surface area contributed by atoms with Crippen LogP contribution in [-0.2, 0) is 4.79 Å². The van der Waals surface area contributed by atoms with Crippen LogP contribution in [0.15, 0.2) is 23.1 Å². The summed E-state index contributed by atoms with van der Waals surface area (Å²) in [6, 6.07) is 4.85. The Morgan fingerprint density at radius 3 is 2.76 bits per heavy atom. The molecule has 0 heterocycles. The lowest BCUT2D eigenvalue weighted by Crippen LogP contribution is -2.20. The van der Waals surface area contributed by atoms with E-state index in [9.17, 15) is 9.18 Å². The maximum Gasteiger partial charge on any atom is 0.230 e. The molecular formula is C12H17FN2OS. The van der Waals surface area contributed by atoms with Gasteiger partial charge in [0.2, 0.25) is 5.91 Å². The van der Waals surface area contributed by atoms with Gasteiger partial charge in [0.15, 0.2) is 0 Å². The number of amides is 1. The normalized spacial score (nSPS) is 12.2. The Balaban J connectivity index is 2.90. The monoisotopic (exact) mass is 256 g/mol. The van der Waals surface area contributed by atoms with Gasteiger partial charge in [-0.25, -0.2) is 4.39 Å². The van der Waals surface area contributed by atoms with Crippen LogP contribution < -0.4 is 10.6 Å². The van der Waals surface area contributed by atoms with E-state index in [0.29, 0.717) is 11.3 Å². The summed E-state index contributed by atoms with van der Waals surface area (Å²) in [6.45, 7) is 1.89. The predicted molar refractivity (Wildman–Crippen MR) is 68.7 cm³/mol. The Labute approximate surface area is 105 Å². The van der Waals surface area contributed by atoms with Gasteiger partial charge in [0.05, 0.1) is 5.75 Å². The number of carbonyl (C=O) groups is 1. The van der Waals surface area contributed by atoms with Gasteiger partial charge in [-0.1, -0.05) is 6.07 Å². The van der Waals surface area contributed by atoms with Gasteiger partial charge in [0.1, 0.15) is 5.82 Å². The summed E-state index contributed by atoms with van der Waals surface area (Å²) in [4.78, 5) is 12.0. The highest BCUT2D eigenvalue weighted by atomic mass is 32.2. The van der Waals surface area contributed by atoms with Crippen LogP contribution in [-0.4, -0.2) is 25.8 Å². The number of thioether (sulfide) groups is 1. The maximum absolute atomic E-state index is 13.7. The largest absolute Gasteiger partial charge is 0.358 e. The van der Waals surface area contributed by atoms with Crippen molar-refractivity contribution in [2.45, 2.75) is 17.9 Å². The first-order chi connectivity index (χ1) is 8.10. The Kier molecular flexibility index (Phi) is 5.44. The molecule has 1 amide bonds. The number of rotatable bonds is 5. The summed E-state index contributed by atoms with van der Waals surface area (Å²) in [7, 11) is 3.37. The van der Waals surface area contributed by atoms with Crippen molar-refractivity contribution in [3.05, 3.63) is 29.6 Å². The summed E-state index contributed by atoms with van der Waals surface area (Å²) < 4.78 is 13.7. The summed E-state index contributed by atoms with van der Waals surface area (Å²) >= 11 is 1.35. The first-order valence-electron chi connectivity index (χ1n) is 5.39. The highest BCUT2D eigenvalue weighted by Crippen LogP contribution is 2.29. The van der Waals surface area contributed by atoms with E-state index < -0.39 is 0 Å². The molecule has 1 rings (SSSR count). The molecule has 0 aliphatic rings. The molecule has 0 fully saturated rings. The van der Waals surface area contributed by atoms with Crippen LogP contribution in [0.3, 0.4) is 0 Å². The van der Waals surface area contributed by atoms with Crippen molar-refractivity contribution in [1.29, 1.82) is 0 Å². The maximum atomic E-state index is 13.7. The number of nitrogens with one attached hydrogen (secondary N) is 2. The van der Waals surface area contributed by atoms with Gasteiger partial charge in [-0.3, -0.25) is 4.79 Å². The number of carbonyl (C=O) groups excluding carboxylic acids is 1. The third kappa shape index (κ3) is 3.71. The molecule has 1 atom stereocenters. The minimum absolute atomic E-state index is 0.0673. The topological polar surface area (TPSA) is 41.1 Å². The van der Waals surface area contributed by atoms with Crippen LogP contribution in [0.5, 0.6) is 0 Å².